The summed E-state index contributed by atoms with van der Waals surface area (Å²) in [6.07, 6.45) is 1.68. The lowest BCUT2D eigenvalue weighted by atomic mass is 9.82. The molecule has 3 heterocycles. The second-order valence-corrected chi connectivity index (χ2v) is 6.67. The Hall–Kier alpha value is -0.980. The van der Waals surface area contributed by atoms with Crippen molar-refractivity contribution in [2.75, 3.05) is 40.0 Å². The molecule has 2 atom stereocenters. The van der Waals surface area contributed by atoms with E-state index in [1.54, 1.807) is 13.3 Å². The number of likely N-dealkylation sites (tertiary alicyclic amines) is 1. The van der Waals surface area contributed by atoms with Gasteiger partial charge in [0.1, 0.15) is 4.88 Å². The molecule has 2 aliphatic rings. The highest BCUT2D eigenvalue weighted by molar-refractivity contribution is 7.13. The summed E-state index contributed by atoms with van der Waals surface area (Å²) in [6, 6.07) is 0. The van der Waals surface area contributed by atoms with Crippen molar-refractivity contribution in [2.24, 2.45) is 11.3 Å². The van der Waals surface area contributed by atoms with Crippen LogP contribution in [0, 0.1) is 18.3 Å². The van der Waals surface area contributed by atoms with Crippen LogP contribution in [0.4, 0.5) is 0 Å². The van der Waals surface area contributed by atoms with Gasteiger partial charge in [0.05, 0.1) is 31.0 Å². The number of methoxy groups -OCH3 is 1. The van der Waals surface area contributed by atoms with Crippen LogP contribution in [0.5, 0.6) is 0 Å². The highest BCUT2D eigenvalue weighted by atomic mass is 32.1. The van der Waals surface area contributed by atoms with Crippen molar-refractivity contribution in [3.8, 4) is 0 Å². The van der Waals surface area contributed by atoms with Gasteiger partial charge in [0, 0.05) is 31.5 Å². The van der Waals surface area contributed by atoms with Crippen LogP contribution in [-0.2, 0) is 9.47 Å². The van der Waals surface area contributed by atoms with Crippen molar-refractivity contribution in [2.45, 2.75) is 6.92 Å². The molecule has 1 aromatic rings. The van der Waals surface area contributed by atoms with Crippen LogP contribution in [-0.4, -0.2) is 55.8 Å². The SMILES string of the molecule is COC[C@@]12COC[C@@H]1CN(C(=O)c1cnc(C)s1)C2. The zero-order chi connectivity index (χ0) is 13.5. The molecular weight excluding hydrogens is 264 g/mol. The monoisotopic (exact) mass is 282 g/mol. The summed E-state index contributed by atoms with van der Waals surface area (Å²) >= 11 is 1.46. The summed E-state index contributed by atoms with van der Waals surface area (Å²) in [5.41, 5.74) is -0.00978. The summed E-state index contributed by atoms with van der Waals surface area (Å²) in [7, 11) is 1.71. The largest absolute Gasteiger partial charge is 0.384 e. The average molecular weight is 282 g/mol. The first kappa shape index (κ1) is 13.0. The number of aryl methyl sites for hydroxylation is 1. The van der Waals surface area contributed by atoms with Gasteiger partial charge in [-0.2, -0.15) is 0 Å². The van der Waals surface area contributed by atoms with Crippen molar-refractivity contribution in [3.63, 3.8) is 0 Å². The van der Waals surface area contributed by atoms with E-state index in [0.717, 1.165) is 29.6 Å². The molecule has 2 fully saturated rings. The van der Waals surface area contributed by atoms with Gasteiger partial charge in [-0.25, -0.2) is 4.98 Å². The van der Waals surface area contributed by atoms with Crippen LogP contribution in [0.1, 0.15) is 14.7 Å². The number of carbonyl (C=O) groups excluding carboxylic acids is 1. The Kier molecular flexibility index (Phi) is 3.32. The molecule has 0 aromatic carbocycles. The molecule has 1 aromatic heterocycles. The third kappa shape index (κ3) is 2.17. The van der Waals surface area contributed by atoms with E-state index in [1.807, 2.05) is 11.8 Å². The van der Waals surface area contributed by atoms with E-state index in [-0.39, 0.29) is 11.3 Å². The molecule has 0 unspecified atom stereocenters. The molecule has 1 amide bonds. The third-order valence-corrected chi connectivity index (χ3v) is 4.97. The first-order valence-electron chi connectivity index (χ1n) is 6.43. The first-order chi connectivity index (χ1) is 9.14. The number of thiazole rings is 1. The number of hydrogen-bond acceptors (Lipinski definition) is 5. The Morgan fingerprint density at radius 2 is 2.58 bits per heavy atom. The number of rotatable bonds is 3. The molecule has 3 rings (SSSR count). The normalized spacial score (nSPS) is 29.8. The number of hydrogen-bond donors (Lipinski definition) is 0. The minimum Gasteiger partial charge on any atom is -0.384 e. The fourth-order valence-corrected chi connectivity index (χ4v) is 3.84. The number of ether oxygens (including phenoxy) is 2. The van der Waals surface area contributed by atoms with Gasteiger partial charge in [-0.15, -0.1) is 11.3 Å². The van der Waals surface area contributed by atoms with E-state index in [4.69, 9.17) is 9.47 Å². The van der Waals surface area contributed by atoms with Crippen molar-refractivity contribution in [3.05, 3.63) is 16.1 Å². The van der Waals surface area contributed by atoms with Crippen molar-refractivity contribution in [1.29, 1.82) is 0 Å². The van der Waals surface area contributed by atoms with Gasteiger partial charge in [-0.05, 0) is 6.92 Å². The standard InChI is InChI=1S/C13H18N2O3S/c1-9-14-3-11(19-9)12(16)15-4-10-5-18-8-13(10,6-15)7-17-2/h3,10H,4-8H2,1-2H3/t10-,13-/m0/s1. The highest BCUT2D eigenvalue weighted by Gasteiger charge is 2.52. The maximum absolute atomic E-state index is 12.5. The van der Waals surface area contributed by atoms with E-state index < -0.39 is 0 Å². The lowest BCUT2D eigenvalue weighted by Gasteiger charge is -2.25. The Morgan fingerprint density at radius 1 is 1.74 bits per heavy atom. The molecule has 0 radical (unpaired) electrons. The molecule has 0 aliphatic carbocycles. The molecule has 6 heteroatoms. The van der Waals surface area contributed by atoms with E-state index in [2.05, 4.69) is 4.98 Å². The van der Waals surface area contributed by atoms with Gasteiger partial charge in [0.25, 0.3) is 5.91 Å². The summed E-state index contributed by atoms with van der Waals surface area (Å²) in [5, 5.41) is 0.928. The Morgan fingerprint density at radius 3 is 3.26 bits per heavy atom. The predicted octanol–water partition coefficient (Wildman–Crippen LogP) is 1.19. The highest BCUT2D eigenvalue weighted by Crippen LogP contribution is 2.42. The minimum absolute atomic E-state index is 0.00978. The zero-order valence-corrected chi connectivity index (χ0v) is 12.0. The fraction of sp³-hybridized carbons (Fsp3) is 0.692. The van der Waals surface area contributed by atoms with E-state index in [9.17, 15) is 4.79 Å². The van der Waals surface area contributed by atoms with Crippen LogP contribution in [0.3, 0.4) is 0 Å². The van der Waals surface area contributed by atoms with Crippen molar-refractivity contribution < 1.29 is 14.3 Å². The number of nitrogens with zero attached hydrogens (tertiary/aromatic N) is 2. The maximum atomic E-state index is 12.5. The molecule has 2 saturated heterocycles. The number of fused-ring (bicyclic) bond motifs is 1. The first-order valence-corrected chi connectivity index (χ1v) is 7.25. The number of amides is 1. The molecule has 2 aliphatic heterocycles. The smallest absolute Gasteiger partial charge is 0.265 e. The quantitative estimate of drug-likeness (QED) is 0.835. The third-order valence-electron chi connectivity index (χ3n) is 4.07. The molecule has 0 N–H and O–H groups in total. The number of carbonyl (C=O) groups is 1. The average Bonchev–Trinajstić information content (AvgIpc) is 3.02. The van der Waals surface area contributed by atoms with E-state index >= 15 is 0 Å². The second kappa shape index (κ2) is 4.85. The fourth-order valence-electron chi connectivity index (χ4n) is 3.09. The van der Waals surface area contributed by atoms with Gasteiger partial charge in [0.15, 0.2) is 0 Å². The summed E-state index contributed by atoms with van der Waals surface area (Å²) in [4.78, 5) is 19.3. The minimum atomic E-state index is -0.00978. The van der Waals surface area contributed by atoms with Crippen LogP contribution in [0.15, 0.2) is 6.20 Å². The molecule has 104 valence electrons. The van der Waals surface area contributed by atoms with Gasteiger partial charge in [0.2, 0.25) is 0 Å². The van der Waals surface area contributed by atoms with Gasteiger partial charge >= 0.3 is 0 Å². The molecule has 0 saturated carbocycles. The zero-order valence-electron chi connectivity index (χ0n) is 11.2. The Balaban J connectivity index is 1.76. The molecule has 5 nitrogen and oxygen atoms in total. The van der Waals surface area contributed by atoms with E-state index in [0.29, 0.717) is 19.1 Å². The maximum Gasteiger partial charge on any atom is 0.265 e. The van der Waals surface area contributed by atoms with Crippen molar-refractivity contribution >= 4 is 17.2 Å². The molecular formula is C13H18N2O3S. The predicted molar refractivity (Wildman–Crippen MR) is 71.4 cm³/mol. The lowest BCUT2D eigenvalue weighted by molar-refractivity contribution is 0.0490. The van der Waals surface area contributed by atoms with Crippen LogP contribution in [0.2, 0.25) is 0 Å². The summed E-state index contributed by atoms with van der Waals surface area (Å²) in [6.45, 7) is 5.48. The van der Waals surface area contributed by atoms with Crippen LogP contribution >= 0.6 is 11.3 Å². The van der Waals surface area contributed by atoms with Crippen molar-refractivity contribution in [1.82, 2.24) is 9.88 Å². The Labute approximate surface area is 116 Å². The van der Waals surface area contributed by atoms with E-state index in [1.165, 1.54) is 11.3 Å². The van der Waals surface area contributed by atoms with Gasteiger partial charge in [-0.3, -0.25) is 4.79 Å². The van der Waals surface area contributed by atoms with Crippen LogP contribution in [0.25, 0.3) is 0 Å². The summed E-state index contributed by atoms with van der Waals surface area (Å²) in [5.74, 6) is 0.487. The lowest BCUT2D eigenvalue weighted by Crippen LogP contribution is -2.36. The molecule has 0 spiro atoms. The Bertz CT molecular complexity index is 490. The number of aromatic nitrogens is 1. The van der Waals surface area contributed by atoms with Gasteiger partial charge in [-0.1, -0.05) is 0 Å². The topological polar surface area (TPSA) is 51.7 Å². The summed E-state index contributed by atoms with van der Waals surface area (Å²) < 4.78 is 10.9. The van der Waals surface area contributed by atoms with Crippen LogP contribution < -0.4 is 0 Å². The second-order valence-electron chi connectivity index (χ2n) is 5.44. The van der Waals surface area contributed by atoms with Gasteiger partial charge < -0.3 is 14.4 Å². The molecule has 0 bridgehead atoms. The molecule has 19 heavy (non-hydrogen) atoms.